The summed E-state index contributed by atoms with van der Waals surface area (Å²) in [5, 5.41) is 10.0. The van der Waals surface area contributed by atoms with Gasteiger partial charge in [-0.25, -0.2) is 4.98 Å². The smallest absolute Gasteiger partial charge is 0.191 e. The molecular formula is C19H29IN4S. The Labute approximate surface area is 172 Å². The first-order valence-corrected chi connectivity index (χ1v) is 9.21. The van der Waals surface area contributed by atoms with Crippen LogP contribution in [0.3, 0.4) is 0 Å². The maximum absolute atomic E-state index is 4.48. The van der Waals surface area contributed by atoms with Crippen LogP contribution in [0.25, 0.3) is 0 Å². The van der Waals surface area contributed by atoms with Crippen molar-refractivity contribution in [3.8, 4) is 0 Å². The predicted octanol–water partition coefficient (Wildman–Crippen LogP) is 4.06. The van der Waals surface area contributed by atoms with Gasteiger partial charge in [0, 0.05) is 37.4 Å². The Hall–Kier alpha value is -1.15. The van der Waals surface area contributed by atoms with Crippen LogP contribution < -0.4 is 10.6 Å². The van der Waals surface area contributed by atoms with Crippen LogP contribution in [0.15, 0.2) is 34.6 Å². The highest BCUT2D eigenvalue weighted by Crippen LogP contribution is 2.22. The van der Waals surface area contributed by atoms with Gasteiger partial charge >= 0.3 is 0 Å². The number of hydrogen-bond acceptors (Lipinski definition) is 3. The Morgan fingerprint density at radius 3 is 2.40 bits per heavy atom. The standard InChI is InChI=1S/C19H28N4S.HI/c1-14-6-8-16(9-7-14)19(3,4)13-22-18(20-5)21-11-10-17-12-24-15(2)23-17;/h6-9,12H,10-11,13H2,1-5H3,(H2,20,21,22);1H. The number of aliphatic imine (C=N–C) groups is 1. The van der Waals surface area contributed by atoms with E-state index in [1.807, 2.05) is 6.92 Å². The van der Waals surface area contributed by atoms with Crippen molar-refractivity contribution >= 4 is 41.3 Å². The van der Waals surface area contributed by atoms with Crippen molar-refractivity contribution in [1.29, 1.82) is 0 Å². The molecule has 0 aliphatic rings. The molecule has 4 nitrogen and oxygen atoms in total. The number of guanidine groups is 1. The van der Waals surface area contributed by atoms with Crippen molar-refractivity contribution in [2.24, 2.45) is 4.99 Å². The molecule has 0 unspecified atom stereocenters. The summed E-state index contributed by atoms with van der Waals surface area (Å²) in [7, 11) is 1.81. The average molecular weight is 472 g/mol. The van der Waals surface area contributed by atoms with E-state index in [0.717, 1.165) is 36.2 Å². The fourth-order valence-electron chi connectivity index (χ4n) is 2.46. The van der Waals surface area contributed by atoms with E-state index < -0.39 is 0 Å². The molecular weight excluding hydrogens is 443 g/mol. The average Bonchev–Trinajstić information content (AvgIpc) is 2.96. The molecule has 0 aliphatic carbocycles. The minimum atomic E-state index is 0. The van der Waals surface area contributed by atoms with Crippen LogP contribution in [-0.4, -0.2) is 31.1 Å². The Kier molecular flexibility index (Phi) is 8.85. The van der Waals surface area contributed by atoms with Gasteiger partial charge in [-0.05, 0) is 19.4 Å². The second-order valence-corrected chi connectivity index (χ2v) is 7.77. The Balaban J connectivity index is 0.00000312. The van der Waals surface area contributed by atoms with Gasteiger partial charge in [0.1, 0.15) is 0 Å². The van der Waals surface area contributed by atoms with Gasteiger partial charge < -0.3 is 10.6 Å². The third-order valence-corrected chi connectivity index (χ3v) is 4.92. The van der Waals surface area contributed by atoms with Gasteiger partial charge in [-0.15, -0.1) is 35.3 Å². The molecule has 1 aromatic carbocycles. The van der Waals surface area contributed by atoms with Gasteiger partial charge in [0.15, 0.2) is 5.96 Å². The molecule has 138 valence electrons. The highest BCUT2D eigenvalue weighted by molar-refractivity contribution is 14.0. The van der Waals surface area contributed by atoms with E-state index >= 15 is 0 Å². The lowest BCUT2D eigenvalue weighted by Gasteiger charge is -2.27. The zero-order valence-electron chi connectivity index (χ0n) is 15.7. The quantitative estimate of drug-likeness (QED) is 0.379. The van der Waals surface area contributed by atoms with Crippen molar-refractivity contribution in [2.45, 2.75) is 39.5 Å². The van der Waals surface area contributed by atoms with E-state index in [9.17, 15) is 0 Å². The van der Waals surface area contributed by atoms with Gasteiger partial charge in [0.25, 0.3) is 0 Å². The van der Waals surface area contributed by atoms with Gasteiger partial charge in [-0.2, -0.15) is 0 Å². The Morgan fingerprint density at radius 2 is 1.84 bits per heavy atom. The van der Waals surface area contributed by atoms with Crippen molar-refractivity contribution in [2.75, 3.05) is 20.1 Å². The zero-order valence-corrected chi connectivity index (χ0v) is 18.9. The first kappa shape index (κ1) is 21.9. The lowest BCUT2D eigenvalue weighted by atomic mass is 9.84. The summed E-state index contributed by atoms with van der Waals surface area (Å²) in [5.74, 6) is 0.835. The van der Waals surface area contributed by atoms with Crippen molar-refractivity contribution < 1.29 is 0 Å². The zero-order chi connectivity index (χ0) is 17.6. The highest BCUT2D eigenvalue weighted by Gasteiger charge is 2.20. The number of nitrogens with one attached hydrogen (secondary N) is 2. The number of rotatable bonds is 6. The Morgan fingerprint density at radius 1 is 1.16 bits per heavy atom. The van der Waals surface area contributed by atoms with Crippen LogP contribution >= 0.6 is 35.3 Å². The Bertz CT molecular complexity index is 677. The molecule has 1 heterocycles. The summed E-state index contributed by atoms with van der Waals surface area (Å²) in [5.41, 5.74) is 3.80. The van der Waals surface area contributed by atoms with Gasteiger partial charge in [0.05, 0.1) is 10.7 Å². The SMILES string of the molecule is CN=C(NCCc1csc(C)n1)NCC(C)(C)c1ccc(C)cc1.I. The van der Waals surface area contributed by atoms with Crippen molar-refractivity contribution in [3.63, 3.8) is 0 Å². The van der Waals surface area contributed by atoms with Crippen molar-refractivity contribution in [1.82, 2.24) is 15.6 Å². The monoisotopic (exact) mass is 472 g/mol. The first-order chi connectivity index (χ1) is 11.4. The summed E-state index contributed by atoms with van der Waals surface area (Å²) in [6, 6.07) is 8.75. The van der Waals surface area contributed by atoms with Crippen LogP contribution in [0.5, 0.6) is 0 Å². The lowest BCUT2D eigenvalue weighted by Crippen LogP contribution is -2.44. The summed E-state index contributed by atoms with van der Waals surface area (Å²) >= 11 is 1.70. The second kappa shape index (κ2) is 10.1. The first-order valence-electron chi connectivity index (χ1n) is 8.33. The van der Waals surface area contributed by atoms with Crippen LogP contribution in [0, 0.1) is 13.8 Å². The lowest BCUT2D eigenvalue weighted by molar-refractivity contribution is 0.508. The molecule has 0 atom stereocenters. The summed E-state index contributed by atoms with van der Waals surface area (Å²) in [6.45, 7) is 10.3. The number of aryl methyl sites for hydroxylation is 2. The van der Waals surface area contributed by atoms with E-state index in [4.69, 9.17) is 0 Å². The van der Waals surface area contributed by atoms with Crippen molar-refractivity contribution in [3.05, 3.63) is 51.5 Å². The number of nitrogens with zero attached hydrogens (tertiary/aromatic N) is 2. The molecule has 0 saturated heterocycles. The fraction of sp³-hybridized carbons (Fsp3) is 0.474. The summed E-state index contributed by atoms with van der Waals surface area (Å²) in [6.07, 6.45) is 0.909. The van der Waals surface area contributed by atoms with E-state index in [0.29, 0.717) is 0 Å². The molecule has 1 aromatic heterocycles. The van der Waals surface area contributed by atoms with Crippen LogP contribution in [0.2, 0.25) is 0 Å². The maximum Gasteiger partial charge on any atom is 0.191 e. The third kappa shape index (κ3) is 6.93. The molecule has 6 heteroatoms. The maximum atomic E-state index is 4.48. The van der Waals surface area contributed by atoms with E-state index in [1.165, 1.54) is 11.1 Å². The number of hydrogen-bond donors (Lipinski definition) is 2. The molecule has 0 spiro atoms. The molecule has 2 N–H and O–H groups in total. The molecule has 0 bridgehead atoms. The van der Waals surface area contributed by atoms with E-state index in [2.05, 4.69) is 71.0 Å². The largest absolute Gasteiger partial charge is 0.356 e. The fourth-order valence-corrected chi connectivity index (χ4v) is 3.11. The van der Waals surface area contributed by atoms with E-state index in [1.54, 1.807) is 18.4 Å². The molecule has 0 fully saturated rings. The number of halogens is 1. The molecule has 0 radical (unpaired) electrons. The van der Waals surface area contributed by atoms with Crippen LogP contribution in [0.1, 0.15) is 35.7 Å². The van der Waals surface area contributed by atoms with Crippen LogP contribution in [-0.2, 0) is 11.8 Å². The molecule has 25 heavy (non-hydrogen) atoms. The second-order valence-electron chi connectivity index (χ2n) is 6.71. The molecule has 0 aliphatic heterocycles. The predicted molar refractivity (Wildman–Crippen MR) is 120 cm³/mol. The van der Waals surface area contributed by atoms with E-state index in [-0.39, 0.29) is 29.4 Å². The third-order valence-electron chi connectivity index (χ3n) is 4.09. The number of aromatic nitrogens is 1. The van der Waals surface area contributed by atoms with Gasteiger partial charge in [-0.3, -0.25) is 4.99 Å². The molecule has 0 saturated carbocycles. The van der Waals surface area contributed by atoms with Gasteiger partial charge in [0.2, 0.25) is 0 Å². The molecule has 2 rings (SSSR count). The minimum absolute atomic E-state index is 0. The minimum Gasteiger partial charge on any atom is -0.356 e. The number of benzene rings is 1. The summed E-state index contributed by atoms with van der Waals surface area (Å²) < 4.78 is 0. The topological polar surface area (TPSA) is 49.3 Å². The number of thiazole rings is 1. The highest BCUT2D eigenvalue weighted by atomic mass is 127. The van der Waals surface area contributed by atoms with Crippen LogP contribution in [0.4, 0.5) is 0 Å². The van der Waals surface area contributed by atoms with Gasteiger partial charge in [-0.1, -0.05) is 43.7 Å². The molecule has 0 amide bonds. The summed E-state index contributed by atoms with van der Waals surface area (Å²) in [4.78, 5) is 8.80. The normalized spacial score (nSPS) is 11.8. The molecule has 2 aromatic rings.